The Bertz CT molecular complexity index is 442. The predicted molar refractivity (Wildman–Crippen MR) is 71.1 cm³/mol. The molecule has 1 heterocycles. The van der Waals surface area contributed by atoms with Crippen LogP contribution in [0.1, 0.15) is 39.7 Å². The number of nitrogens with one attached hydrogen (secondary N) is 2. The molecule has 0 aliphatic carbocycles. The van der Waals surface area contributed by atoms with Crippen molar-refractivity contribution in [2.24, 2.45) is 0 Å². The zero-order valence-corrected chi connectivity index (χ0v) is 11.4. The summed E-state index contributed by atoms with van der Waals surface area (Å²) >= 11 is 0. The molecule has 0 saturated heterocycles. The van der Waals surface area contributed by atoms with Crippen molar-refractivity contribution < 1.29 is 14.7 Å². The minimum Gasteiger partial charge on any atom is -0.480 e. The van der Waals surface area contributed by atoms with Crippen LogP contribution in [0.5, 0.6) is 0 Å². The number of carbonyl (C=O) groups is 2. The molecule has 1 rings (SSSR count). The summed E-state index contributed by atoms with van der Waals surface area (Å²) in [5, 5.41) is 18.0. The van der Waals surface area contributed by atoms with Gasteiger partial charge in [-0.15, -0.1) is 0 Å². The third-order valence-corrected chi connectivity index (χ3v) is 2.57. The fraction of sp³-hybridized carbons (Fsp3) is 0.583. The maximum absolute atomic E-state index is 11.7. The number of hydrogen-bond donors (Lipinski definition) is 3. The van der Waals surface area contributed by atoms with Crippen LogP contribution in [0.2, 0.25) is 0 Å². The van der Waals surface area contributed by atoms with E-state index in [2.05, 4.69) is 15.7 Å². The first kappa shape index (κ1) is 15.0. The lowest BCUT2D eigenvalue weighted by Crippen LogP contribution is -2.42. The van der Waals surface area contributed by atoms with Crippen LogP contribution in [-0.2, 0) is 4.79 Å². The molecule has 0 aliphatic rings. The number of aliphatic carboxylic acids is 1. The second-order valence-corrected chi connectivity index (χ2v) is 4.58. The van der Waals surface area contributed by atoms with Gasteiger partial charge in [-0.3, -0.25) is 4.68 Å². The quantitative estimate of drug-likeness (QED) is 0.733. The molecule has 0 bridgehead atoms. The van der Waals surface area contributed by atoms with E-state index in [1.807, 2.05) is 20.8 Å². The SMILES string of the molecule is CCC[C@@H](NC(=O)Nc1cnn(C(C)C)c1)C(=O)O. The van der Waals surface area contributed by atoms with Gasteiger partial charge in [-0.1, -0.05) is 13.3 Å². The fourth-order valence-electron chi connectivity index (χ4n) is 1.56. The molecule has 0 aliphatic heterocycles. The maximum Gasteiger partial charge on any atom is 0.326 e. The number of carboxylic acid groups (broad SMARTS) is 1. The van der Waals surface area contributed by atoms with Crippen molar-refractivity contribution in [3.63, 3.8) is 0 Å². The van der Waals surface area contributed by atoms with Crippen molar-refractivity contribution in [2.75, 3.05) is 5.32 Å². The van der Waals surface area contributed by atoms with Gasteiger partial charge in [-0.25, -0.2) is 9.59 Å². The molecule has 106 valence electrons. The van der Waals surface area contributed by atoms with Gasteiger partial charge >= 0.3 is 12.0 Å². The third-order valence-electron chi connectivity index (χ3n) is 2.57. The Morgan fingerprint density at radius 2 is 2.16 bits per heavy atom. The second-order valence-electron chi connectivity index (χ2n) is 4.58. The molecule has 0 saturated carbocycles. The van der Waals surface area contributed by atoms with Crippen molar-refractivity contribution in [1.29, 1.82) is 0 Å². The summed E-state index contributed by atoms with van der Waals surface area (Å²) < 4.78 is 1.70. The zero-order valence-electron chi connectivity index (χ0n) is 11.4. The van der Waals surface area contributed by atoms with Crippen molar-refractivity contribution >= 4 is 17.7 Å². The van der Waals surface area contributed by atoms with Gasteiger partial charge in [0, 0.05) is 12.2 Å². The molecule has 2 amide bonds. The first-order chi connectivity index (χ1) is 8.93. The summed E-state index contributed by atoms with van der Waals surface area (Å²) in [5.74, 6) is -1.03. The van der Waals surface area contributed by atoms with Crippen molar-refractivity contribution in [1.82, 2.24) is 15.1 Å². The molecule has 0 unspecified atom stereocenters. The minimum atomic E-state index is -1.03. The van der Waals surface area contributed by atoms with Crippen LogP contribution in [0.3, 0.4) is 0 Å². The molecule has 7 nitrogen and oxygen atoms in total. The van der Waals surface area contributed by atoms with Crippen molar-refractivity contribution in [3.8, 4) is 0 Å². The molecule has 0 radical (unpaired) electrons. The number of nitrogens with zero attached hydrogens (tertiary/aromatic N) is 2. The van der Waals surface area contributed by atoms with Gasteiger partial charge in [0.2, 0.25) is 0 Å². The first-order valence-corrected chi connectivity index (χ1v) is 6.28. The van der Waals surface area contributed by atoms with E-state index in [1.165, 1.54) is 6.20 Å². The number of carboxylic acids is 1. The van der Waals surface area contributed by atoms with Gasteiger partial charge in [0.05, 0.1) is 11.9 Å². The summed E-state index contributed by atoms with van der Waals surface area (Å²) in [4.78, 5) is 22.6. The Hall–Kier alpha value is -2.05. The van der Waals surface area contributed by atoms with E-state index < -0.39 is 18.0 Å². The average molecular weight is 268 g/mol. The number of urea groups is 1. The van der Waals surface area contributed by atoms with E-state index >= 15 is 0 Å². The number of anilines is 1. The number of amides is 2. The van der Waals surface area contributed by atoms with Gasteiger partial charge in [0.15, 0.2) is 0 Å². The monoisotopic (exact) mass is 268 g/mol. The smallest absolute Gasteiger partial charge is 0.326 e. The third kappa shape index (κ3) is 4.61. The second kappa shape index (κ2) is 6.77. The van der Waals surface area contributed by atoms with E-state index in [9.17, 15) is 9.59 Å². The topological polar surface area (TPSA) is 96.3 Å². The van der Waals surface area contributed by atoms with Crippen molar-refractivity contribution in [3.05, 3.63) is 12.4 Å². The van der Waals surface area contributed by atoms with E-state index in [-0.39, 0.29) is 6.04 Å². The summed E-state index contributed by atoms with van der Waals surface area (Å²) in [6.45, 7) is 5.80. The lowest BCUT2D eigenvalue weighted by atomic mass is 10.2. The summed E-state index contributed by atoms with van der Waals surface area (Å²) in [6, 6.07) is -1.21. The average Bonchev–Trinajstić information content (AvgIpc) is 2.76. The highest BCUT2D eigenvalue weighted by Gasteiger charge is 2.18. The van der Waals surface area contributed by atoms with Crippen LogP contribution in [0.25, 0.3) is 0 Å². The largest absolute Gasteiger partial charge is 0.480 e. The van der Waals surface area contributed by atoms with Gasteiger partial charge in [0.25, 0.3) is 0 Å². The van der Waals surface area contributed by atoms with Crippen LogP contribution >= 0.6 is 0 Å². The van der Waals surface area contributed by atoms with E-state index in [1.54, 1.807) is 10.9 Å². The summed E-state index contributed by atoms with van der Waals surface area (Å²) in [6.07, 6.45) is 4.30. The lowest BCUT2D eigenvalue weighted by Gasteiger charge is -2.13. The van der Waals surface area contributed by atoms with Crippen molar-refractivity contribution in [2.45, 2.75) is 45.7 Å². The molecule has 0 aromatic carbocycles. The van der Waals surface area contributed by atoms with Crippen LogP contribution in [0.4, 0.5) is 10.5 Å². The normalized spacial score (nSPS) is 12.2. The number of hydrogen-bond acceptors (Lipinski definition) is 3. The molecule has 0 spiro atoms. The van der Waals surface area contributed by atoms with Gasteiger partial charge < -0.3 is 15.7 Å². The molecule has 1 atom stereocenters. The Morgan fingerprint density at radius 3 is 2.63 bits per heavy atom. The summed E-state index contributed by atoms with van der Waals surface area (Å²) in [7, 11) is 0. The number of aromatic nitrogens is 2. The lowest BCUT2D eigenvalue weighted by molar-refractivity contribution is -0.139. The Labute approximate surface area is 112 Å². The van der Waals surface area contributed by atoms with Crippen LogP contribution in [0.15, 0.2) is 12.4 Å². The van der Waals surface area contributed by atoms with Gasteiger partial charge in [-0.05, 0) is 20.3 Å². The molecule has 3 N–H and O–H groups in total. The highest BCUT2D eigenvalue weighted by atomic mass is 16.4. The molecular weight excluding hydrogens is 248 g/mol. The molecule has 1 aromatic rings. The number of rotatable bonds is 6. The van der Waals surface area contributed by atoms with Crippen LogP contribution < -0.4 is 10.6 Å². The highest BCUT2D eigenvalue weighted by molar-refractivity contribution is 5.91. The van der Waals surface area contributed by atoms with E-state index in [0.717, 1.165) is 0 Å². The Kier molecular flexibility index (Phi) is 5.35. The standard InChI is InChI=1S/C12H20N4O3/c1-4-5-10(11(17)18)15-12(19)14-9-6-13-16(7-9)8(2)3/h6-8,10H,4-5H2,1-3H3,(H,17,18)(H2,14,15,19)/t10-/m1/s1. The van der Waals surface area contributed by atoms with Gasteiger partial charge in [0.1, 0.15) is 6.04 Å². The highest BCUT2D eigenvalue weighted by Crippen LogP contribution is 2.09. The number of carbonyl (C=O) groups excluding carboxylic acids is 1. The predicted octanol–water partition coefficient (Wildman–Crippen LogP) is 1.84. The maximum atomic E-state index is 11.7. The molecule has 7 heteroatoms. The molecule has 0 fully saturated rings. The molecule has 1 aromatic heterocycles. The fourth-order valence-corrected chi connectivity index (χ4v) is 1.56. The van der Waals surface area contributed by atoms with Crippen LogP contribution in [0, 0.1) is 0 Å². The minimum absolute atomic E-state index is 0.200. The Balaban J connectivity index is 2.56. The Morgan fingerprint density at radius 1 is 1.47 bits per heavy atom. The first-order valence-electron chi connectivity index (χ1n) is 6.28. The molecule has 19 heavy (non-hydrogen) atoms. The summed E-state index contributed by atoms with van der Waals surface area (Å²) in [5.41, 5.74) is 0.534. The van der Waals surface area contributed by atoms with Gasteiger partial charge in [-0.2, -0.15) is 5.10 Å². The molecular formula is C12H20N4O3. The van der Waals surface area contributed by atoms with E-state index in [4.69, 9.17) is 5.11 Å². The van der Waals surface area contributed by atoms with E-state index in [0.29, 0.717) is 18.5 Å². The zero-order chi connectivity index (χ0) is 14.4. The van der Waals surface area contributed by atoms with Crippen LogP contribution in [-0.4, -0.2) is 32.9 Å².